The number of aryl methyl sites for hydroxylation is 1. The molecule has 0 spiro atoms. The van der Waals surface area contributed by atoms with Gasteiger partial charge in [0.25, 0.3) is 0 Å². The highest BCUT2D eigenvalue weighted by Crippen LogP contribution is 2.27. The molecule has 0 amide bonds. The van der Waals surface area contributed by atoms with Crippen LogP contribution in [0.2, 0.25) is 0 Å². The van der Waals surface area contributed by atoms with E-state index in [2.05, 4.69) is 9.97 Å². The molecular formula is C15H25N3O2. The van der Waals surface area contributed by atoms with Crippen LogP contribution < -0.4 is 15.2 Å². The van der Waals surface area contributed by atoms with Crippen LogP contribution in [0.25, 0.3) is 0 Å². The fourth-order valence-corrected chi connectivity index (χ4v) is 2.60. The van der Waals surface area contributed by atoms with Gasteiger partial charge in [-0.05, 0) is 46.6 Å². The van der Waals surface area contributed by atoms with Crippen LogP contribution in [-0.4, -0.2) is 28.7 Å². The zero-order valence-electron chi connectivity index (χ0n) is 12.6. The highest BCUT2D eigenvalue weighted by atomic mass is 16.5. The first kappa shape index (κ1) is 15.0. The van der Waals surface area contributed by atoms with Crippen LogP contribution in [0, 0.1) is 12.8 Å². The maximum atomic E-state index is 5.98. The van der Waals surface area contributed by atoms with Crippen molar-refractivity contribution in [2.45, 2.75) is 58.7 Å². The third kappa shape index (κ3) is 4.07. The summed E-state index contributed by atoms with van der Waals surface area (Å²) in [5.74, 6) is 0.977. The number of aromatic nitrogens is 2. The number of ether oxygens (including phenoxy) is 2. The van der Waals surface area contributed by atoms with Gasteiger partial charge in [0.15, 0.2) is 0 Å². The van der Waals surface area contributed by atoms with Gasteiger partial charge in [-0.3, -0.25) is 0 Å². The molecule has 20 heavy (non-hydrogen) atoms. The average Bonchev–Trinajstić information content (AvgIpc) is 2.37. The van der Waals surface area contributed by atoms with E-state index in [9.17, 15) is 0 Å². The normalized spacial score (nSPS) is 22.9. The third-order valence-electron chi connectivity index (χ3n) is 3.57. The van der Waals surface area contributed by atoms with E-state index >= 15 is 0 Å². The number of rotatable bonds is 5. The van der Waals surface area contributed by atoms with Crippen molar-refractivity contribution in [2.75, 3.05) is 6.54 Å². The molecule has 1 aliphatic carbocycles. The molecule has 2 N–H and O–H groups in total. The van der Waals surface area contributed by atoms with Crippen molar-refractivity contribution < 1.29 is 9.47 Å². The van der Waals surface area contributed by atoms with Gasteiger partial charge in [0.1, 0.15) is 6.10 Å². The van der Waals surface area contributed by atoms with Gasteiger partial charge in [0.2, 0.25) is 5.88 Å². The lowest BCUT2D eigenvalue weighted by Crippen LogP contribution is -2.35. The second kappa shape index (κ2) is 6.88. The van der Waals surface area contributed by atoms with Crippen molar-refractivity contribution in [1.82, 2.24) is 9.97 Å². The Labute approximate surface area is 120 Å². The van der Waals surface area contributed by atoms with Crippen LogP contribution in [-0.2, 0) is 0 Å². The summed E-state index contributed by atoms with van der Waals surface area (Å²) < 4.78 is 11.6. The van der Waals surface area contributed by atoms with Crippen LogP contribution >= 0.6 is 0 Å². The smallest absolute Gasteiger partial charge is 0.320 e. The molecule has 1 saturated carbocycles. The molecule has 1 heterocycles. The van der Waals surface area contributed by atoms with Crippen LogP contribution in [0.5, 0.6) is 11.9 Å². The molecule has 1 fully saturated rings. The molecule has 0 aliphatic heterocycles. The van der Waals surface area contributed by atoms with E-state index < -0.39 is 0 Å². The third-order valence-corrected chi connectivity index (χ3v) is 3.57. The van der Waals surface area contributed by atoms with Gasteiger partial charge in [0, 0.05) is 17.7 Å². The minimum Gasteiger partial charge on any atom is -0.475 e. The molecule has 0 saturated heterocycles. The van der Waals surface area contributed by atoms with E-state index in [1.54, 1.807) is 0 Å². The van der Waals surface area contributed by atoms with Gasteiger partial charge in [-0.25, -0.2) is 4.98 Å². The van der Waals surface area contributed by atoms with Gasteiger partial charge >= 0.3 is 6.01 Å². The van der Waals surface area contributed by atoms with Gasteiger partial charge < -0.3 is 15.2 Å². The minimum atomic E-state index is 0.0867. The maximum Gasteiger partial charge on any atom is 0.320 e. The number of nitrogens with zero attached hydrogens (tertiary/aromatic N) is 2. The molecule has 5 heteroatoms. The second-order valence-electron chi connectivity index (χ2n) is 5.73. The standard InChI is InChI=1S/C15H25N3O2/c1-10(2)19-14-8-11(3)17-15(18-14)20-13-7-5-4-6-12(13)9-16/h8,10,12-13H,4-7,9,16H2,1-3H3. The zero-order valence-corrected chi connectivity index (χ0v) is 12.6. The molecule has 1 aromatic rings. The Kier molecular flexibility index (Phi) is 5.17. The predicted octanol–water partition coefficient (Wildman–Crippen LogP) is 2.47. The van der Waals surface area contributed by atoms with Gasteiger partial charge in [-0.15, -0.1) is 0 Å². The lowest BCUT2D eigenvalue weighted by Gasteiger charge is -2.30. The summed E-state index contributed by atoms with van der Waals surface area (Å²) in [6, 6.07) is 2.24. The van der Waals surface area contributed by atoms with Crippen molar-refractivity contribution in [2.24, 2.45) is 11.7 Å². The lowest BCUT2D eigenvalue weighted by atomic mass is 9.86. The van der Waals surface area contributed by atoms with E-state index in [4.69, 9.17) is 15.2 Å². The monoisotopic (exact) mass is 279 g/mol. The Balaban J connectivity index is 2.09. The Morgan fingerprint density at radius 3 is 2.75 bits per heavy atom. The number of nitrogens with two attached hydrogens (primary N) is 1. The highest BCUT2D eigenvalue weighted by molar-refractivity contribution is 5.18. The van der Waals surface area contributed by atoms with Crippen LogP contribution in [0.15, 0.2) is 6.07 Å². The molecule has 0 radical (unpaired) electrons. The van der Waals surface area contributed by atoms with Gasteiger partial charge in [-0.2, -0.15) is 4.98 Å². The molecule has 1 aliphatic rings. The molecule has 112 valence electrons. The van der Waals surface area contributed by atoms with Crippen molar-refractivity contribution in [1.29, 1.82) is 0 Å². The summed E-state index contributed by atoms with van der Waals surface area (Å²) in [5, 5.41) is 0. The molecule has 2 unspecified atom stereocenters. The Morgan fingerprint density at radius 1 is 1.30 bits per heavy atom. The van der Waals surface area contributed by atoms with E-state index in [1.807, 2.05) is 26.8 Å². The van der Waals surface area contributed by atoms with E-state index in [0.717, 1.165) is 18.5 Å². The minimum absolute atomic E-state index is 0.0867. The van der Waals surface area contributed by atoms with Gasteiger partial charge in [0.05, 0.1) is 6.10 Å². The van der Waals surface area contributed by atoms with Crippen LogP contribution in [0.1, 0.15) is 45.2 Å². The fourth-order valence-electron chi connectivity index (χ4n) is 2.60. The quantitative estimate of drug-likeness (QED) is 0.896. The van der Waals surface area contributed by atoms with E-state index in [0.29, 0.717) is 24.4 Å². The zero-order chi connectivity index (χ0) is 14.5. The maximum absolute atomic E-state index is 5.98. The fraction of sp³-hybridized carbons (Fsp3) is 0.733. The lowest BCUT2D eigenvalue weighted by molar-refractivity contribution is 0.0854. The molecule has 0 bridgehead atoms. The summed E-state index contributed by atoms with van der Waals surface area (Å²) in [6.07, 6.45) is 4.79. The summed E-state index contributed by atoms with van der Waals surface area (Å²) in [6.45, 7) is 6.53. The van der Waals surface area contributed by atoms with Crippen molar-refractivity contribution in [3.63, 3.8) is 0 Å². The second-order valence-corrected chi connectivity index (χ2v) is 5.73. The Morgan fingerprint density at radius 2 is 2.05 bits per heavy atom. The molecule has 2 atom stereocenters. The SMILES string of the molecule is Cc1cc(OC(C)C)nc(OC2CCCCC2CN)n1. The van der Waals surface area contributed by atoms with Crippen molar-refractivity contribution in [3.8, 4) is 11.9 Å². The first-order chi connectivity index (χ1) is 9.58. The van der Waals surface area contributed by atoms with E-state index in [1.165, 1.54) is 12.8 Å². The van der Waals surface area contributed by atoms with Crippen LogP contribution in [0.3, 0.4) is 0 Å². The summed E-state index contributed by atoms with van der Waals surface area (Å²) >= 11 is 0. The average molecular weight is 279 g/mol. The molecule has 5 nitrogen and oxygen atoms in total. The molecular weight excluding hydrogens is 254 g/mol. The molecule has 2 rings (SSSR count). The van der Waals surface area contributed by atoms with Crippen LogP contribution in [0.4, 0.5) is 0 Å². The van der Waals surface area contributed by atoms with Crippen molar-refractivity contribution in [3.05, 3.63) is 11.8 Å². The largest absolute Gasteiger partial charge is 0.475 e. The summed E-state index contributed by atoms with van der Waals surface area (Å²) in [4.78, 5) is 8.69. The number of hydrogen-bond acceptors (Lipinski definition) is 5. The first-order valence-electron chi connectivity index (χ1n) is 7.47. The first-order valence-corrected chi connectivity index (χ1v) is 7.47. The van der Waals surface area contributed by atoms with Crippen molar-refractivity contribution >= 4 is 0 Å². The van der Waals surface area contributed by atoms with Gasteiger partial charge in [-0.1, -0.05) is 6.42 Å². The number of hydrogen-bond donors (Lipinski definition) is 1. The highest BCUT2D eigenvalue weighted by Gasteiger charge is 2.26. The topological polar surface area (TPSA) is 70.3 Å². The summed E-state index contributed by atoms with van der Waals surface area (Å²) in [7, 11) is 0. The Hall–Kier alpha value is -1.36. The Bertz CT molecular complexity index is 437. The predicted molar refractivity (Wildman–Crippen MR) is 78.0 cm³/mol. The molecule has 1 aromatic heterocycles. The summed E-state index contributed by atoms with van der Waals surface area (Å²) in [5.41, 5.74) is 6.68. The molecule has 0 aromatic carbocycles. The van der Waals surface area contributed by atoms with E-state index in [-0.39, 0.29) is 12.2 Å².